The number of phenolic OH excluding ortho intramolecular Hbond substituents is 1. The topological polar surface area (TPSA) is 32.3 Å². The summed E-state index contributed by atoms with van der Waals surface area (Å²) >= 11 is 1.72. The van der Waals surface area contributed by atoms with Gasteiger partial charge < -0.3 is 10.4 Å². The number of benzene rings is 1. The zero-order valence-corrected chi connectivity index (χ0v) is 8.42. The fourth-order valence-electron chi connectivity index (χ4n) is 1.22. The first-order valence-corrected chi connectivity index (χ1v) is 5.28. The second kappa shape index (κ2) is 4.15. The van der Waals surface area contributed by atoms with Crippen LogP contribution >= 0.6 is 11.3 Å². The highest BCUT2D eigenvalue weighted by atomic mass is 32.1. The van der Waals surface area contributed by atoms with Crippen molar-refractivity contribution < 1.29 is 5.11 Å². The Morgan fingerprint density at radius 2 is 2.14 bits per heavy atom. The zero-order chi connectivity index (χ0) is 9.80. The van der Waals surface area contributed by atoms with Crippen molar-refractivity contribution in [2.75, 3.05) is 5.32 Å². The molecule has 3 heteroatoms. The standard InChI is InChI=1S/C11H11NOS/c13-10-4-1-3-9(7-10)12-8-11-5-2-6-14-11/h1-7,12-13H,8H2. The highest BCUT2D eigenvalue weighted by Crippen LogP contribution is 2.17. The maximum absolute atomic E-state index is 9.23. The monoisotopic (exact) mass is 205 g/mol. The van der Waals surface area contributed by atoms with Crippen LogP contribution in [0.4, 0.5) is 5.69 Å². The number of hydrogen-bond acceptors (Lipinski definition) is 3. The van der Waals surface area contributed by atoms with Gasteiger partial charge in [-0.3, -0.25) is 0 Å². The summed E-state index contributed by atoms with van der Waals surface area (Å²) in [5.74, 6) is 0.293. The number of phenols is 1. The number of thiophene rings is 1. The number of aromatic hydroxyl groups is 1. The molecule has 0 bridgehead atoms. The van der Waals surface area contributed by atoms with Gasteiger partial charge in [0.25, 0.3) is 0 Å². The number of nitrogens with one attached hydrogen (secondary N) is 1. The predicted molar refractivity (Wildman–Crippen MR) is 59.8 cm³/mol. The minimum Gasteiger partial charge on any atom is -0.508 e. The molecule has 0 aliphatic rings. The summed E-state index contributed by atoms with van der Waals surface area (Å²) in [5.41, 5.74) is 0.943. The first-order valence-electron chi connectivity index (χ1n) is 4.40. The highest BCUT2D eigenvalue weighted by molar-refractivity contribution is 7.09. The fraction of sp³-hybridized carbons (Fsp3) is 0.0909. The van der Waals surface area contributed by atoms with E-state index >= 15 is 0 Å². The molecule has 2 N–H and O–H groups in total. The van der Waals surface area contributed by atoms with Crippen molar-refractivity contribution >= 4 is 17.0 Å². The van der Waals surface area contributed by atoms with E-state index in [1.165, 1.54) is 4.88 Å². The van der Waals surface area contributed by atoms with Gasteiger partial charge in [0, 0.05) is 23.2 Å². The average molecular weight is 205 g/mol. The molecule has 14 heavy (non-hydrogen) atoms. The third kappa shape index (κ3) is 2.26. The van der Waals surface area contributed by atoms with Crippen LogP contribution in [0.3, 0.4) is 0 Å². The van der Waals surface area contributed by atoms with Crippen molar-refractivity contribution in [3.05, 3.63) is 46.7 Å². The zero-order valence-electron chi connectivity index (χ0n) is 7.60. The van der Waals surface area contributed by atoms with E-state index in [0.717, 1.165) is 12.2 Å². The van der Waals surface area contributed by atoms with E-state index in [9.17, 15) is 5.11 Å². The Kier molecular flexibility index (Phi) is 2.70. The van der Waals surface area contributed by atoms with E-state index in [2.05, 4.69) is 16.8 Å². The van der Waals surface area contributed by atoms with E-state index < -0.39 is 0 Å². The lowest BCUT2D eigenvalue weighted by Crippen LogP contribution is -1.96. The second-order valence-electron chi connectivity index (χ2n) is 2.98. The molecule has 1 aromatic heterocycles. The van der Waals surface area contributed by atoms with Gasteiger partial charge in [0.1, 0.15) is 5.75 Å². The van der Waals surface area contributed by atoms with Crippen LogP contribution in [0, 0.1) is 0 Å². The third-order valence-electron chi connectivity index (χ3n) is 1.89. The van der Waals surface area contributed by atoms with Gasteiger partial charge in [0.15, 0.2) is 0 Å². The van der Waals surface area contributed by atoms with Gasteiger partial charge in [-0.05, 0) is 23.6 Å². The summed E-state index contributed by atoms with van der Waals surface area (Å²) in [6.07, 6.45) is 0. The smallest absolute Gasteiger partial charge is 0.117 e. The number of hydrogen-bond donors (Lipinski definition) is 2. The van der Waals surface area contributed by atoms with E-state index in [1.807, 2.05) is 18.2 Å². The lowest BCUT2D eigenvalue weighted by Gasteiger charge is -2.04. The first-order chi connectivity index (χ1) is 6.84. The quantitative estimate of drug-likeness (QED) is 0.807. The molecule has 0 amide bonds. The molecule has 0 saturated heterocycles. The van der Waals surface area contributed by atoms with Gasteiger partial charge in [0.2, 0.25) is 0 Å². The van der Waals surface area contributed by atoms with Gasteiger partial charge in [-0.1, -0.05) is 12.1 Å². The van der Waals surface area contributed by atoms with Gasteiger partial charge in [-0.2, -0.15) is 0 Å². The summed E-state index contributed by atoms with van der Waals surface area (Å²) in [7, 11) is 0. The van der Waals surface area contributed by atoms with Crippen LogP contribution in [0.15, 0.2) is 41.8 Å². The molecule has 72 valence electrons. The Morgan fingerprint density at radius 3 is 2.86 bits per heavy atom. The van der Waals surface area contributed by atoms with Crippen molar-refractivity contribution in [3.8, 4) is 5.75 Å². The number of rotatable bonds is 3. The normalized spacial score (nSPS) is 10.0. The average Bonchev–Trinajstić information content (AvgIpc) is 2.67. The van der Waals surface area contributed by atoms with Crippen LogP contribution < -0.4 is 5.32 Å². The summed E-state index contributed by atoms with van der Waals surface area (Å²) in [4.78, 5) is 1.29. The molecule has 2 rings (SSSR count). The third-order valence-corrected chi connectivity index (χ3v) is 2.77. The van der Waals surface area contributed by atoms with E-state index in [4.69, 9.17) is 0 Å². The summed E-state index contributed by atoms with van der Waals surface area (Å²) in [5, 5.41) is 14.5. The largest absolute Gasteiger partial charge is 0.508 e. The summed E-state index contributed by atoms with van der Waals surface area (Å²) in [6, 6.07) is 11.3. The van der Waals surface area contributed by atoms with E-state index in [0.29, 0.717) is 5.75 Å². The van der Waals surface area contributed by atoms with Gasteiger partial charge in [-0.15, -0.1) is 11.3 Å². The molecule has 0 aliphatic carbocycles. The van der Waals surface area contributed by atoms with Crippen LogP contribution in [0.2, 0.25) is 0 Å². The van der Waals surface area contributed by atoms with Gasteiger partial charge in [-0.25, -0.2) is 0 Å². The van der Waals surface area contributed by atoms with Crippen molar-refractivity contribution in [2.24, 2.45) is 0 Å². The van der Waals surface area contributed by atoms with Crippen LogP contribution in [-0.4, -0.2) is 5.11 Å². The van der Waals surface area contributed by atoms with Crippen LogP contribution in [0.25, 0.3) is 0 Å². The van der Waals surface area contributed by atoms with Gasteiger partial charge in [0.05, 0.1) is 0 Å². The Balaban J connectivity index is 1.98. The summed E-state index contributed by atoms with van der Waals surface area (Å²) in [6.45, 7) is 0.807. The molecule has 2 nitrogen and oxygen atoms in total. The Bertz CT molecular complexity index is 397. The molecule has 1 heterocycles. The minimum absolute atomic E-state index is 0.293. The van der Waals surface area contributed by atoms with Crippen molar-refractivity contribution in [1.82, 2.24) is 0 Å². The maximum Gasteiger partial charge on any atom is 0.117 e. The second-order valence-corrected chi connectivity index (χ2v) is 4.02. The Morgan fingerprint density at radius 1 is 1.21 bits per heavy atom. The molecule has 0 saturated carbocycles. The van der Waals surface area contributed by atoms with Gasteiger partial charge >= 0.3 is 0 Å². The highest BCUT2D eigenvalue weighted by Gasteiger charge is 1.95. The molecule has 0 aliphatic heterocycles. The molecule has 1 aromatic carbocycles. The van der Waals surface area contributed by atoms with Crippen LogP contribution in [-0.2, 0) is 6.54 Å². The lowest BCUT2D eigenvalue weighted by atomic mass is 10.3. The van der Waals surface area contributed by atoms with Crippen LogP contribution in [0.1, 0.15) is 4.88 Å². The molecule has 0 radical (unpaired) electrons. The Hall–Kier alpha value is -1.48. The predicted octanol–water partition coefficient (Wildman–Crippen LogP) is 3.07. The van der Waals surface area contributed by atoms with Crippen LogP contribution in [0.5, 0.6) is 5.75 Å². The summed E-state index contributed by atoms with van der Waals surface area (Å²) < 4.78 is 0. The van der Waals surface area contributed by atoms with E-state index in [-0.39, 0.29) is 0 Å². The fourth-order valence-corrected chi connectivity index (χ4v) is 1.86. The minimum atomic E-state index is 0.293. The number of anilines is 1. The molecule has 0 atom stereocenters. The van der Waals surface area contributed by atoms with Crippen molar-refractivity contribution in [2.45, 2.75) is 6.54 Å². The Labute approximate surface area is 86.8 Å². The maximum atomic E-state index is 9.23. The van der Waals surface area contributed by atoms with Crippen molar-refractivity contribution in [3.63, 3.8) is 0 Å². The SMILES string of the molecule is Oc1cccc(NCc2cccs2)c1. The molecular weight excluding hydrogens is 194 g/mol. The first kappa shape index (κ1) is 9.09. The van der Waals surface area contributed by atoms with Crippen molar-refractivity contribution in [1.29, 1.82) is 0 Å². The molecule has 0 spiro atoms. The molecule has 0 unspecified atom stereocenters. The molecule has 2 aromatic rings. The molecular formula is C11H11NOS. The van der Waals surface area contributed by atoms with E-state index in [1.54, 1.807) is 23.5 Å². The lowest BCUT2D eigenvalue weighted by molar-refractivity contribution is 0.475. The molecule has 0 fully saturated rings.